The molecule has 4 aromatic rings. The van der Waals surface area contributed by atoms with Crippen molar-refractivity contribution < 1.29 is 0 Å². The van der Waals surface area contributed by atoms with Crippen molar-refractivity contribution in [2.75, 3.05) is 13.1 Å². The summed E-state index contributed by atoms with van der Waals surface area (Å²) in [5.41, 5.74) is 8.11. The first kappa shape index (κ1) is 23.6. The highest BCUT2D eigenvalue weighted by molar-refractivity contribution is 5.82. The number of nitrogens with zero attached hydrogens (tertiary/aromatic N) is 2. The van der Waals surface area contributed by atoms with Crippen molar-refractivity contribution in [1.82, 2.24) is 30.6 Å². The molecule has 2 aromatic carbocycles. The second kappa shape index (κ2) is 10.7. The SMILES string of the molecule is Cc1cc(-c2cnc([C@@H]3CCCN3)[nH]2)cc(-c2ccccc2)c1C=CC=Cc1cnc([C@@H]2CCCN2)[nH]1. The highest BCUT2D eigenvalue weighted by atomic mass is 15.0. The van der Waals surface area contributed by atoms with Crippen LogP contribution in [0.4, 0.5) is 0 Å². The molecular formula is C31H34N6. The van der Waals surface area contributed by atoms with Gasteiger partial charge in [0.2, 0.25) is 0 Å². The molecule has 0 bridgehead atoms. The average Bonchev–Trinajstić information content (AvgIpc) is 3.74. The lowest BCUT2D eigenvalue weighted by Gasteiger charge is -2.13. The number of hydrogen-bond donors (Lipinski definition) is 4. The van der Waals surface area contributed by atoms with Crippen LogP contribution in [0, 0.1) is 6.92 Å². The smallest absolute Gasteiger partial charge is 0.123 e. The van der Waals surface area contributed by atoms with Gasteiger partial charge in [0.25, 0.3) is 0 Å². The minimum absolute atomic E-state index is 0.331. The largest absolute Gasteiger partial charge is 0.341 e. The maximum Gasteiger partial charge on any atom is 0.123 e. The standard InChI is InChI=1S/C31H34N6/c1-21-17-23(29-20-35-31(37-29)28-14-8-16-33-28)18-26(22-9-3-2-4-10-22)25(21)12-6-5-11-24-19-34-30(36-24)27-13-7-15-32-27/h2-6,9-12,17-20,27-28,32-33H,7-8,13-16H2,1H3,(H,34,36)(H,35,37)/t27-,28-/m0/s1. The molecule has 188 valence electrons. The Morgan fingerprint density at radius 1 is 0.784 bits per heavy atom. The zero-order valence-corrected chi connectivity index (χ0v) is 21.3. The van der Waals surface area contributed by atoms with Gasteiger partial charge in [0.1, 0.15) is 11.6 Å². The number of imidazole rings is 2. The van der Waals surface area contributed by atoms with Crippen molar-refractivity contribution in [3.8, 4) is 22.4 Å². The van der Waals surface area contributed by atoms with Gasteiger partial charge < -0.3 is 20.6 Å². The normalized spacial score (nSPS) is 20.0. The molecule has 4 N–H and O–H groups in total. The van der Waals surface area contributed by atoms with Gasteiger partial charge in [-0.1, -0.05) is 48.6 Å². The van der Waals surface area contributed by atoms with Gasteiger partial charge in [0.15, 0.2) is 0 Å². The summed E-state index contributed by atoms with van der Waals surface area (Å²) >= 11 is 0. The van der Waals surface area contributed by atoms with Crippen molar-refractivity contribution in [3.05, 3.63) is 95.5 Å². The van der Waals surface area contributed by atoms with Gasteiger partial charge in [0.05, 0.1) is 35.9 Å². The van der Waals surface area contributed by atoms with Gasteiger partial charge >= 0.3 is 0 Å². The zero-order chi connectivity index (χ0) is 25.0. The molecule has 0 aliphatic carbocycles. The maximum atomic E-state index is 4.69. The molecule has 2 fully saturated rings. The second-order valence-electron chi connectivity index (χ2n) is 10.0. The fourth-order valence-corrected chi connectivity index (χ4v) is 5.45. The molecule has 2 atom stereocenters. The van der Waals surface area contributed by atoms with E-state index in [1.807, 2.05) is 12.4 Å². The lowest BCUT2D eigenvalue weighted by Crippen LogP contribution is -2.14. The number of H-pyrrole nitrogens is 2. The number of benzene rings is 2. The van der Waals surface area contributed by atoms with E-state index in [0.717, 1.165) is 54.5 Å². The molecule has 2 aliphatic rings. The predicted molar refractivity (Wildman–Crippen MR) is 151 cm³/mol. The molecular weight excluding hydrogens is 456 g/mol. The van der Waals surface area contributed by atoms with E-state index in [-0.39, 0.29) is 0 Å². The molecule has 0 unspecified atom stereocenters. The number of aryl methyl sites for hydroxylation is 1. The topological polar surface area (TPSA) is 81.4 Å². The van der Waals surface area contributed by atoms with Gasteiger partial charge in [0, 0.05) is 5.56 Å². The highest BCUT2D eigenvalue weighted by Crippen LogP contribution is 2.33. The van der Waals surface area contributed by atoms with Gasteiger partial charge in [-0.3, -0.25) is 0 Å². The molecule has 2 aromatic heterocycles. The molecule has 37 heavy (non-hydrogen) atoms. The Labute approximate surface area is 218 Å². The maximum absolute atomic E-state index is 4.69. The van der Waals surface area contributed by atoms with Crippen molar-refractivity contribution >= 4 is 12.2 Å². The minimum atomic E-state index is 0.331. The number of aromatic nitrogens is 4. The lowest BCUT2D eigenvalue weighted by molar-refractivity contribution is 0.612. The molecule has 6 heteroatoms. The Hall–Kier alpha value is -3.74. The third-order valence-corrected chi connectivity index (χ3v) is 7.42. The summed E-state index contributed by atoms with van der Waals surface area (Å²) in [6.45, 7) is 4.32. The van der Waals surface area contributed by atoms with Gasteiger partial charge in [-0.2, -0.15) is 0 Å². The molecule has 0 spiro atoms. The summed E-state index contributed by atoms with van der Waals surface area (Å²) in [4.78, 5) is 16.3. The third kappa shape index (κ3) is 5.22. The first-order valence-corrected chi connectivity index (χ1v) is 13.4. The van der Waals surface area contributed by atoms with E-state index in [1.54, 1.807) is 0 Å². The van der Waals surface area contributed by atoms with Crippen LogP contribution in [0.5, 0.6) is 0 Å². The van der Waals surface area contributed by atoms with Crippen LogP contribution in [0.15, 0.2) is 67.0 Å². The fourth-order valence-electron chi connectivity index (χ4n) is 5.45. The molecule has 0 amide bonds. The van der Waals surface area contributed by atoms with Crippen LogP contribution in [-0.2, 0) is 0 Å². The Bertz CT molecular complexity index is 1400. The average molecular weight is 491 g/mol. The van der Waals surface area contributed by atoms with Crippen LogP contribution >= 0.6 is 0 Å². The number of hydrogen-bond acceptors (Lipinski definition) is 4. The summed E-state index contributed by atoms with van der Waals surface area (Å²) in [7, 11) is 0. The molecule has 0 radical (unpaired) electrons. The Kier molecular flexibility index (Phi) is 6.84. The van der Waals surface area contributed by atoms with Crippen LogP contribution in [-0.4, -0.2) is 33.0 Å². The number of rotatable bonds is 7. The lowest BCUT2D eigenvalue weighted by atomic mass is 9.92. The van der Waals surface area contributed by atoms with Gasteiger partial charge in [-0.15, -0.1) is 0 Å². The van der Waals surface area contributed by atoms with Crippen molar-refractivity contribution in [3.63, 3.8) is 0 Å². The zero-order valence-electron chi connectivity index (χ0n) is 21.3. The third-order valence-electron chi connectivity index (χ3n) is 7.42. The van der Waals surface area contributed by atoms with Crippen LogP contribution in [0.1, 0.15) is 66.2 Å². The summed E-state index contributed by atoms with van der Waals surface area (Å²) < 4.78 is 0. The van der Waals surface area contributed by atoms with E-state index in [0.29, 0.717) is 12.1 Å². The Morgan fingerprint density at radius 2 is 1.49 bits per heavy atom. The minimum Gasteiger partial charge on any atom is -0.341 e. The number of aromatic amines is 2. The number of allylic oxidation sites excluding steroid dienone is 2. The monoisotopic (exact) mass is 490 g/mol. The van der Waals surface area contributed by atoms with E-state index in [2.05, 4.69) is 99.3 Å². The molecule has 0 saturated carbocycles. The summed E-state index contributed by atoms with van der Waals surface area (Å²) in [5, 5.41) is 7.03. The Balaban J connectivity index is 1.27. The summed E-state index contributed by atoms with van der Waals surface area (Å²) in [6, 6.07) is 15.8. The van der Waals surface area contributed by atoms with Gasteiger partial charge in [-0.25, -0.2) is 9.97 Å². The number of nitrogens with one attached hydrogen (secondary N) is 4. The van der Waals surface area contributed by atoms with E-state index < -0.39 is 0 Å². The molecule has 6 rings (SSSR count). The van der Waals surface area contributed by atoms with Crippen molar-refractivity contribution in [2.24, 2.45) is 0 Å². The second-order valence-corrected chi connectivity index (χ2v) is 10.0. The van der Waals surface area contributed by atoms with Crippen LogP contribution < -0.4 is 10.6 Å². The van der Waals surface area contributed by atoms with Gasteiger partial charge in [-0.05, 0) is 86.2 Å². The van der Waals surface area contributed by atoms with E-state index >= 15 is 0 Å². The van der Waals surface area contributed by atoms with E-state index in [9.17, 15) is 0 Å². The Morgan fingerprint density at radius 3 is 2.22 bits per heavy atom. The highest BCUT2D eigenvalue weighted by Gasteiger charge is 2.20. The molecule has 6 nitrogen and oxygen atoms in total. The molecule has 2 aliphatic heterocycles. The van der Waals surface area contributed by atoms with Crippen LogP contribution in [0.25, 0.3) is 34.5 Å². The molecule has 4 heterocycles. The predicted octanol–water partition coefficient (Wildman–Crippen LogP) is 6.35. The van der Waals surface area contributed by atoms with E-state index in [4.69, 9.17) is 4.98 Å². The van der Waals surface area contributed by atoms with Crippen LogP contribution in [0.2, 0.25) is 0 Å². The van der Waals surface area contributed by atoms with Crippen molar-refractivity contribution in [1.29, 1.82) is 0 Å². The van der Waals surface area contributed by atoms with Crippen LogP contribution in [0.3, 0.4) is 0 Å². The summed E-state index contributed by atoms with van der Waals surface area (Å²) in [5.74, 6) is 2.07. The van der Waals surface area contributed by atoms with Crippen molar-refractivity contribution in [2.45, 2.75) is 44.7 Å². The first-order chi connectivity index (χ1) is 18.2. The fraction of sp³-hybridized carbons (Fsp3) is 0.290. The molecule has 2 saturated heterocycles. The summed E-state index contributed by atoms with van der Waals surface area (Å²) in [6.07, 6.45) is 17.0. The quantitative estimate of drug-likeness (QED) is 0.228. The first-order valence-electron chi connectivity index (χ1n) is 13.4. The van der Waals surface area contributed by atoms with E-state index in [1.165, 1.54) is 35.1 Å².